The lowest BCUT2D eigenvalue weighted by Crippen LogP contribution is -2.12. The summed E-state index contributed by atoms with van der Waals surface area (Å²) in [5.74, 6) is 0. The van der Waals surface area contributed by atoms with Crippen LogP contribution in [-0.4, -0.2) is 18.2 Å². The average molecular weight is 450 g/mol. The van der Waals surface area contributed by atoms with Crippen LogP contribution in [0.1, 0.15) is 0 Å². The summed E-state index contributed by atoms with van der Waals surface area (Å²) in [7, 11) is -3.76. The maximum atomic E-state index is 11.5. The molecule has 9 heteroatoms. The van der Waals surface area contributed by atoms with Gasteiger partial charge in [0, 0.05) is 10.6 Å². The van der Waals surface area contributed by atoms with Gasteiger partial charge in [-0.15, -0.1) is 11.3 Å². The zero-order valence-corrected chi connectivity index (χ0v) is 17.4. The predicted octanol–water partition coefficient (Wildman–Crippen LogP) is 5.22. The molecule has 0 aliphatic heterocycles. The molecular formula is C19H13Cl2N3O2S2. The fourth-order valence-electron chi connectivity index (χ4n) is 2.74. The Morgan fingerprint density at radius 2 is 1.61 bits per heavy atom. The molecular weight excluding hydrogens is 437 g/mol. The molecule has 0 saturated carbocycles. The van der Waals surface area contributed by atoms with Crippen molar-refractivity contribution in [2.24, 2.45) is 5.14 Å². The molecule has 2 heterocycles. The van der Waals surface area contributed by atoms with E-state index in [1.165, 1.54) is 23.5 Å². The molecule has 4 aromatic rings. The van der Waals surface area contributed by atoms with Crippen LogP contribution >= 0.6 is 34.5 Å². The van der Waals surface area contributed by atoms with Crippen molar-refractivity contribution in [3.8, 4) is 27.5 Å². The molecule has 142 valence electrons. The molecule has 5 nitrogen and oxygen atoms in total. The van der Waals surface area contributed by atoms with Gasteiger partial charge in [0.15, 0.2) is 0 Å². The molecule has 28 heavy (non-hydrogen) atoms. The maximum absolute atomic E-state index is 11.5. The van der Waals surface area contributed by atoms with E-state index in [0.29, 0.717) is 15.0 Å². The highest BCUT2D eigenvalue weighted by atomic mass is 35.5. The van der Waals surface area contributed by atoms with Crippen molar-refractivity contribution in [1.82, 2.24) is 9.78 Å². The fraction of sp³-hybridized carbons (Fsp3) is 0. The first-order chi connectivity index (χ1) is 13.3. The molecule has 0 fully saturated rings. The minimum atomic E-state index is -3.76. The van der Waals surface area contributed by atoms with Crippen LogP contribution in [0.5, 0.6) is 0 Å². The van der Waals surface area contributed by atoms with Gasteiger partial charge in [-0.25, -0.2) is 18.2 Å². The Bertz CT molecular complexity index is 1250. The van der Waals surface area contributed by atoms with Gasteiger partial charge in [-0.05, 0) is 54.6 Å². The van der Waals surface area contributed by atoms with E-state index in [1.54, 1.807) is 28.9 Å². The van der Waals surface area contributed by atoms with E-state index in [4.69, 9.17) is 33.4 Å². The number of hydrogen-bond donors (Lipinski definition) is 1. The summed E-state index contributed by atoms with van der Waals surface area (Å²) in [6.45, 7) is 0. The highest BCUT2D eigenvalue weighted by Gasteiger charge is 2.16. The topological polar surface area (TPSA) is 78.0 Å². The lowest BCUT2D eigenvalue weighted by molar-refractivity contribution is 0.598. The Balaban J connectivity index is 1.86. The molecule has 0 aliphatic rings. The van der Waals surface area contributed by atoms with Crippen LogP contribution in [0.15, 0.2) is 71.6 Å². The van der Waals surface area contributed by atoms with Crippen molar-refractivity contribution in [2.45, 2.75) is 4.90 Å². The van der Waals surface area contributed by atoms with Crippen molar-refractivity contribution in [3.05, 3.63) is 76.1 Å². The number of benzene rings is 2. The van der Waals surface area contributed by atoms with Crippen molar-refractivity contribution >= 4 is 44.6 Å². The van der Waals surface area contributed by atoms with Crippen molar-refractivity contribution in [3.63, 3.8) is 0 Å². The second-order valence-corrected chi connectivity index (χ2v) is 9.69. The van der Waals surface area contributed by atoms with Gasteiger partial charge < -0.3 is 0 Å². The molecule has 2 aromatic heterocycles. The molecule has 0 aliphatic carbocycles. The number of rotatable bonds is 4. The highest BCUT2D eigenvalue weighted by Crippen LogP contribution is 2.35. The van der Waals surface area contributed by atoms with Gasteiger partial charge in [-0.1, -0.05) is 35.3 Å². The normalized spacial score (nSPS) is 11.7. The number of primary sulfonamides is 1. The van der Waals surface area contributed by atoms with Gasteiger partial charge in [0.1, 0.15) is 0 Å². The number of nitrogens with two attached hydrogens (primary N) is 1. The Morgan fingerprint density at radius 3 is 2.18 bits per heavy atom. The molecule has 4 rings (SSSR count). The highest BCUT2D eigenvalue weighted by molar-refractivity contribution is 7.89. The zero-order valence-electron chi connectivity index (χ0n) is 14.2. The van der Waals surface area contributed by atoms with Crippen molar-refractivity contribution in [2.75, 3.05) is 0 Å². The van der Waals surface area contributed by atoms with Crippen LogP contribution < -0.4 is 5.14 Å². The summed E-state index contributed by atoms with van der Waals surface area (Å²) in [4.78, 5) is 0.982. The summed E-state index contributed by atoms with van der Waals surface area (Å²) in [5, 5.41) is 10.5. The molecule has 2 aromatic carbocycles. The summed E-state index contributed by atoms with van der Waals surface area (Å²) in [6, 6.07) is 19.3. The van der Waals surface area contributed by atoms with Gasteiger partial charge >= 0.3 is 0 Å². The number of hydrogen-bond acceptors (Lipinski definition) is 4. The number of nitrogens with zero attached hydrogens (tertiary/aromatic N) is 2. The Hall–Kier alpha value is -2.16. The van der Waals surface area contributed by atoms with E-state index in [-0.39, 0.29) is 4.90 Å². The summed E-state index contributed by atoms with van der Waals surface area (Å²) < 4.78 is 25.5. The summed E-state index contributed by atoms with van der Waals surface area (Å²) in [6.07, 6.45) is 0. The van der Waals surface area contributed by atoms with E-state index >= 15 is 0 Å². The molecule has 0 spiro atoms. The van der Waals surface area contributed by atoms with Gasteiger partial charge in [-0.2, -0.15) is 5.10 Å². The fourth-order valence-corrected chi connectivity index (χ4v) is 4.43. The standard InChI is InChI=1S/C19H13Cl2N3O2S2/c20-13-3-1-12(2-4-13)16-11-17(18-9-10-19(21)27-18)24(23-16)14-5-7-15(8-6-14)28(22,25)26/h1-11H,(H2,22,25,26). The lowest BCUT2D eigenvalue weighted by Gasteiger charge is -2.07. The quantitative estimate of drug-likeness (QED) is 0.463. The zero-order chi connectivity index (χ0) is 19.9. The number of aromatic nitrogens is 2. The summed E-state index contributed by atoms with van der Waals surface area (Å²) >= 11 is 13.5. The first-order valence-corrected chi connectivity index (χ1v) is 11.2. The monoisotopic (exact) mass is 449 g/mol. The van der Waals surface area contributed by atoms with E-state index in [1.807, 2.05) is 30.3 Å². The first kappa shape index (κ1) is 19.2. The Kier molecular flexibility index (Phi) is 5.03. The van der Waals surface area contributed by atoms with Crippen LogP contribution in [0.4, 0.5) is 0 Å². The second kappa shape index (κ2) is 7.35. The second-order valence-electron chi connectivity index (χ2n) is 5.98. The molecule has 0 radical (unpaired) electrons. The predicted molar refractivity (Wildman–Crippen MR) is 114 cm³/mol. The molecule has 0 bridgehead atoms. The van der Waals surface area contributed by atoms with E-state index in [9.17, 15) is 8.42 Å². The third-order valence-electron chi connectivity index (χ3n) is 4.08. The van der Waals surface area contributed by atoms with Crippen molar-refractivity contribution in [1.29, 1.82) is 0 Å². The average Bonchev–Trinajstić information content (AvgIpc) is 3.28. The third kappa shape index (κ3) is 3.85. The largest absolute Gasteiger partial charge is 0.238 e. The molecule has 0 amide bonds. The van der Waals surface area contributed by atoms with Gasteiger partial charge in [0.05, 0.1) is 31.2 Å². The van der Waals surface area contributed by atoms with Gasteiger partial charge in [-0.3, -0.25) is 0 Å². The Labute approximate surface area is 176 Å². The molecule has 0 saturated heterocycles. The van der Waals surface area contributed by atoms with Crippen LogP contribution in [0.3, 0.4) is 0 Å². The summed E-state index contributed by atoms with van der Waals surface area (Å²) in [5.41, 5.74) is 3.21. The smallest absolute Gasteiger partial charge is 0.232 e. The minimum absolute atomic E-state index is 0.0436. The van der Waals surface area contributed by atoms with Crippen LogP contribution in [0.2, 0.25) is 9.36 Å². The van der Waals surface area contributed by atoms with E-state index < -0.39 is 10.0 Å². The van der Waals surface area contributed by atoms with Crippen molar-refractivity contribution < 1.29 is 8.42 Å². The van der Waals surface area contributed by atoms with Gasteiger partial charge in [0.25, 0.3) is 0 Å². The first-order valence-electron chi connectivity index (χ1n) is 8.06. The van der Waals surface area contributed by atoms with E-state index in [2.05, 4.69) is 0 Å². The van der Waals surface area contributed by atoms with Gasteiger partial charge in [0.2, 0.25) is 10.0 Å². The van der Waals surface area contributed by atoms with Crippen LogP contribution in [-0.2, 0) is 10.0 Å². The number of halogens is 2. The maximum Gasteiger partial charge on any atom is 0.238 e. The number of sulfonamides is 1. The minimum Gasteiger partial charge on any atom is -0.232 e. The number of thiophene rings is 1. The lowest BCUT2D eigenvalue weighted by atomic mass is 10.1. The molecule has 2 N–H and O–H groups in total. The third-order valence-corrected chi connectivity index (χ3v) is 6.52. The molecule has 0 unspecified atom stereocenters. The molecule has 0 atom stereocenters. The Morgan fingerprint density at radius 1 is 0.929 bits per heavy atom. The van der Waals surface area contributed by atoms with Crippen LogP contribution in [0.25, 0.3) is 27.5 Å². The SMILES string of the molecule is NS(=O)(=O)c1ccc(-n2nc(-c3ccc(Cl)cc3)cc2-c2ccc(Cl)s2)cc1. The van der Waals surface area contributed by atoms with Crippen LogP contribution in [0, 0.1) is 0 Å². The van der Waals surface area contributed by atoms with E-state index in [0.717, 1.165) is 21.8 Å².